The van der Waals surface area contributed by atoms with Gasteiger partial charge in [-0.3, -0.25) is 4.79 Å². The minimum Gasteiger partial charge on any atom is -0.365 e. The third-order valence-electron chi connectivity index (χ3n) is 4.48. The van der Waals surface area contributed by atoms with Gasteiger partial charge >= 0.3 is 6.18 Å². The molecule has 0 bridgehead atoms. The molecule has 148 valence electrons. The normalized spacial score (nSPS) is 18.6. The van der Waals surface area contributed by atoms with Crippen LogP contribution >= 0.6 is 0 Å². The van der Waals surface area contributed by atoms with E-state index in [-0.39, 0.29) is 25.0 Å². The number of alkyl halides is 3. The van der Waals surface area contributed by atoms with Crippen molar-refractivity contribution in [3.8, 4) is 0 Å². The second kappa shape index (κ2) is 8.09. The van der Waals surface area contributed by atoms with Crippen LogP contribution in [0.5, 0.6) is 0 Å². The van der Waals surface area contributed by atoms with Crippen LogP contribution in [0.3, 0.4) is 0 Å². The lowest BCUT2D eigenvalue weighted by Crippen LogP contribution is -2.40. The van der Waals surface area contributed by atoms with Crippen LogP contribution in [-0.4, -0.2) is 43.6 Å². The maximum Gasteiger partial charge on any atom is 0.423 e. The predicted molar refractivity (Wildman–Crippen MR) is 97.0 cm³/mol. The average Bonchev–Trinajstić information content (AvgIpc) is 2.98. The first-order valence-corrected chi connectivity index (χ1v) is 12.5. The minimum absolute atomic E-state index is 0.186. The maximum absolute atomic E-state index is 13.6. The topological polar surface area (TPSA) is 73.4 Å². The maximum atomic E-state index is 13.6. The second-order valence-corrected chi connectivity index (χ2v) is 13.4. The highest BCUT2D eigenvalue weighted by Gasteiger charge is 2.41. The molecule has 2 N–H and O–H groups in total. The lowest BCUT2D eigenvalue weighted by atomic mass is 10.2. The number of hydrogen-bond donors (Lipinski definition) is 1. The van der Waals surface area contributed by atoms with Crippen LogP contribution in [0.15, 0.2) is 11.0 Å². The fourth-order valence-electron chi connectivity index (χ4n) is 2.98. The molecule has 1 saturated heterocycles. The molecular weight excluding hydrogens is 365 g/mol. The number of ether oxygens (including phenoxy) is 1. The van der Waals surface area contributed by atoms with Crippen molar-refractivity contribution in [1.82, 2.24) is 9.78 Å². The van der Waals surface area contributed by atoms with Crippen molar-refractivity contribution in [2.45, 2.75) is 57.5 Å². The summed E-state index contributed by atoms with van der Waals surface area (Å²) in [5, 5.41) is 3.91. The van der Waals surface area contributed by atoms with Crippen molar-refractivity contribution in [3.63, 3.8) is 0 Å². The third kappa shape index (κ3) is 5.07. The molecule has 0 aromatic carbocycles. The quantitative estimate of drug-likeness (QED) is 0.570. The SMILES string of the molecule is C[Si](C)(C)CCOCn1ncc(N2CCC[C@H]2CN)c(C(F)(F)F)c1=O. The van der Waals surface area contributed by atoms with E-state index in [0.29, 0.717) is 19.6 Å². The molecule has 0 aliphatic carbocycles. The van der Waals surface area contributed by atoms with Gasteiger partial charge < -0.3 is 15.4 Å². The van der Waals surface area contributed by atoms with E-state index in [4.69, 9.17) is 10.5 Å². The first kappa shape index (κ1) is 20.9. The van der Waals surface area contributed by atoms with Crippen LogP contribution in [0, 0.1) is 0 Å². The van der Waals surface area contributed by atoms with Gasteiger partial charge in [0, 0.05) is 33.8 Å². The second-order valence-electron chi connectivity index (χ2n) is 7.78. The summed E-state index contributed by atoms with van der Waals surface area (Å²) in [5.74, 6) is 0. The Kier molecular flexibility index (Phi) is 6.51. The number of rotatable bonds is 7. The molecule has 2 heterocycles. The van der Waals surface area contributed by atoms with E-state index >= 15 is 0 Å². The molecule has 1 aliphatic heterocycles. The van der Waals surface area contributed by atoms with Gasteiger partial charge in [-0.15, -0.1) is 0 Å². The standard InChI is InChI=1S/C16H27F3N4O2Si/c1-26(2,3)8-7-25-11-23-15(24)14(16(17,18)19)13(10-21-23)22-6-4-5-12(22)9-20/h10,12H,4-9,11,20H2,1-3H3/t12-/m0/s1. The van der Waals surface area contributed by atoms with Crippen molar-refractivity contribution in [1.29, 1.82) is 0 Å². The summed E-state index contributed by atoms with van der Waals surface area (Å²) in [6.45, 7) is 7.29. The van der Waals surface area contributed by atoms with E-state index in [0.717, 1.165) is 23.3 Å². The van der Waals surface area contributed by atoms with Crippen molar-refractivity contribution in [2.24, 2.45) is 5.73 Å². The molecule has 1 aromatic rings. The highest BCUT2D eigenvalue weighted by atomic mass is 28.3. The summed E-state index contributed by atoms with van der Waals surface area (Å²) in [5.41, 5.74) is 3.11. The molecule has 0 unspecified atom stereocenters. The van der Waals surface area contributed by atoms with Crippen LogP contribution < -0.4 is 16.2 Å². The zero-order valence-electron chi connectivity index (χ0n) is 15.5. The predicted octanol–water partition coefficient (Wildman–Crippen LogP) is 2.50. The van der Waals surface area contributed by atoms with Crippen molar-refractivity contribution in [2.75, 3.05) is 24.6 Å². The van der Waals surface area contributed by atoms with Crippen LogP contribution in [-0.2, 0) is 17.6 Å². The number of nitrogens with two attached hydrogens (primary N) is 1. The van der Waals surface area contributed by atoms with E-state index in [1.807, 2.05) is 0 Å². The van der Waals surface area contributed by atoms with Crippen molar-refractivity contribution in [3.05, 3.63) is 22.1 Å². The van der Waals surface area contributed by atoms with Gasteiger partial charge in [-0.2, -0.15) is 18.3 Å². The Morgan fingerprint density at radius 3 is 2.65 bits per heavy atom. The average molecular weight is 392 g/mol. The Morgan fingerprint density at radius 2 is 2.08 bits per heavy atom. The highest BCUT2D eigenvalue weighted by molar-refractivity contribution is 6.76. The molecule has 0 radical (unpaired) electrons. The molecule has 1 aromatic heterocycles. The van der Waals surface area contributed by atoms with E-state index in [1.54, 1.807) is 4.90 Å². The molecule has 2 rings (SSSR count). The molecule has 0 spiro atoms. The Morgan fingerprint density at radius 1 is 1.38 bits per heavy atom. The lowest BCUT2D eigenvalue weighted by Gasteiger charge is -2.28. The van der Waals surface area contributed by atoms with Crippen molar-refractivity contribution >= 4 is 13.8 Å². The van der Waals surface area contributed by atoms with E-state index in [1.165, 1.54) is 0 Å². The van der Waals surface area contributed by atoms with Gasteiger partial charge in [0.1, 0.15) is 12.3 Å². The van der Waals surface area contributed by atoms with Gasteiger partial charge in [0.15, 0.2) is 0 Å². The van der Waals surface area contributed by atoms with Crippen LogP contribution in [0.4, 0.5) is 18.9 Å². The monoisotopic (exact) mass is 392 g/mol. The number of aromatic nitrogens is 2. The Labute approximate surface area is 152 Å². The van der Waals surface area contributed by atoms with Gasteiger partial charge in [0.05, 0.1) is 11.9 Å². The Hall–Kier alpha value is -1.39. The highest BCUT2D eigenvalue weighted by Crippen LogP contribution is 2.36. The first-order valence-electron chi connectivity index (χ1n) is 8.76. The third-order valence-corrected chi connectivity index (χ3v) is 6.18. The van der Waals surface area contributed by atoms with Crippen LogP contribution in [0.25, 0.3) is 0 Å². The summed E-state index contributed by atoms with van der Waals surface area (Å²) in [4.78, 5) is 14.0. The van der Waals surface area contributed by atoms with E-state index < -0.39 is 25.4 Å². The summed E-state index contributed by atoms with van der Waals surface area (Å²) in [7, 11) is -1.32. The summed E-state index contributed by atoms with van der Waals surface area (Å²) >= 11 is 0. The molecule has 26 heavy (non-hydrogen) atoms. The van der Waals surface area contributed by atoms with Crippen molar-refractivity contribution < 1.29 is 17.9 Å². The van der Waals surface area contributed by atoms with Crippen LogP contribution in [0.1, 0.15) is 18.4 Å². The number of anilines is 1. The van der Waals surface area contributed by atoms with Gasteiger partial charge in [-0.05, 0) is 18.9 Å². The molecule has 6 nitrogen and oxygen atoms in total. The molecular formula is C16H27F3N4O2Si. The number of halogens is 3. The summed E-state index contributed by atoms with van der Waals surface area (Å²) in [6.07, 6.45) is -2.21. The van der Waals surface area contributed by atoms with Gasteiger partial charge in [-0.25, -0.2) is 4.68 Å². The first-order chi connectivity index (χ1) is 12.0. The summed E-state index contributed by atoms with van der Waals surface area (Å²) in [6, 6.07) is 0.652. The molecule has 1 aliphatic rings. The largest absolute Gasteiger partial charge is 0.423 e. The molecule has 1 atom stereocenters. The zero-order valence-corrected chi connectivity index (χ0v) is 16.5. The number of hydrogen-bond acceptors (Lipinski definition) is 5. The smallest absolute Gasteiger partial charge is 0.365 e. The molecule has 1 fully saturated rings. The van der Waals surface area contributed by atoms with Gasteiger partial charge in [0.25, 0.3) is 5.56 Å². The fourth-order valence-corrected chi connectivity index (χ4v) is 3.74. The molecule has 10 heteroatoms. The van der Waals surface area contributed by atoms with Gasteiger partial charge in [-0.1, -0.05) is 19.6 Å². The minimum atomic E-state index is -4.77. The molecule has 0 saturated carbocycles. The summed E-state index contributed by atoms with van der Waals surface area (Å²) < 4.78 is 46.9. The fraction of sp³-hybridized carbons (Fsp3) is 0.750. The van der Waals surface area contributed by atoms with Crippen LogP contribution in [0.2, 0.25) is 25.7 Å². The van der Waals surface area contributed by atoms with Gasteiger partial charge in [0.2, 0.25) is 0 Å². The Balaban J connectivity index is 2.27. The Bertz CT molecular complexity index is 673. The lowest BCUT2D eigenvalue weighted by molar-refractivity contribution is -0.138. The van der Waals surface area contributed by atoms with E-state index in [2.05, 4.69) is 24.7 Å². The zero-order chi connectivity index (χ0) is 19.5. The number of nitrogens with zero attached hydrogens (tertiary/aromatic N) is 3. The van der Waals surface area contributed by atoms with E-state index in [9.17, 15) is 18.0 Å². The molecule has 0 amide bonds.